The van der Waals surface area contributed by atoms with Gasteiger partial charge in [0.05, 0.1) is 6.21 Å². The highest BCUT2D eigenvalue weighted by molar-refractivity contribution is 5.93. The van der Waals surface area contributed by atoms with Crippen LogP contribution in [0.1, 0.15) is 12.0 Å². The highest BCUT2D eigenvalue weighted by atomic mass is 16.2. The van der Waals surface area contributed by atoms with Gasteiger partial charge in [-0.2, -0.15) is 5.10 Å². The summed E-state index contributed by atoms with van der Waals surface area (Å²) in [6, 6.07) is 22.0. The van der Waals surface area contributed by atoms with Crippen LogP contribution in [0, 0.1) is 0 Å². The van der Waals surface area contributed by atoms with E-state index in [2.05, 4.69) is 5.10 Å². The summed E-state index contributed by atoms with van der Waals surface area (Å²) in [5.74, 6) is 0. The van der Waals surface area contributed by atoms with Crippen molar-refractivity contribution in [3.05, 3.63) is 94.9 Å². The number of urea groups is 1. The van der Waals surface area contributed by atoms with Crippen molar-refractivity contribution in [2.75, 3.05) is 18.0 Å². The molecule has 3 aromatic rings. The summed E-state index contributed by atoms with van der Waals surface area (Å²) in [5, 5.41) is 5.85. The second kappa shape index (κ2) is 7.92. The Morgan fingerprint density at radius 3 is 2.25 bits per heavy atom. The first kappa shape index (κ1) is 17.7. The zero-order chi connectivity index (χ0) is 19.3. The number of hydrogen-bond acceptors (Lipinski definition) is 3. The van der Waals surface area contributed by atoms with E-state index in [1.807, 2.05) is 60.7 Å². The smallest absolute Gasteiger partial charge is 0.293 e. The fourth-order valence-corrected chi connectivity index (χ4v) is 3.17. The molecule has 1 fully saturated rings. The Kier molecular flexibility index (Phi) is 5.01. The van der Waals surface area contributed by atoms with Gasteiger partial charge in [0.1, 0.15) is 0 Å². The predicted octanol–water partition coefficient (Wildman–Crippen LogP) is 3.50. The number of aromatic nitrogens is 1. The lowest BCUT2D eigenvalue weighted by Gasteiger charge is -2.32. The molecule has 0 aliphatic carbocycles. The summed E-state index contributed by atoms with van der Waals surface area (Å²) < 4.78 is 1.57. The lowest BCUT2D eigenvalue weighted by Crippen LogP contribution is -2.47. The van der Waals surface area contributed by atoms with Crippen LogP contribution in [0.15, 0.2) is 88.9 Å². The van der Waals surface area contributed by atoms with Gasteiger partial charge in [-0.1, -0.05) is 36.4 Å². The van der Waals surface area contributed by atoms with Crippen LogP contribution in [0.25, 0.3) is 5.69 Å². The van der Waals surface area contributed by atoms with Gasteiger partial charge >= 0.3 is 6.03 Å². The van der Waals surface area contributed by atoms with E-state index in [0.29, 0.717) is 13.1 Å². The normalized spacial score (nSPS) is 14.6. The topological polar surface area (TPSA) is 57.9 Å². The van der Waals surface area contributed by atoms with Crippen molar-refractivity contribution in [1.29, 1.82) is 0 Å². The minimum absolute atomic E-state index is 0.0919. The van der Waals surface area contributed by atoms with Crippen molar-refractivity contribution in [1.82, 2.24) is 9.58 Å². The maximum Gasteiger partial charge on any atom is 0.344 e. The van der Waals surface area contributed by atoms with Gasteiger partial charge in [0.25, 0.3) is 5.56 Å². The van der Waals surface area contributed by atoms with Gasteiger partial charge in [-0.3, -0.25) is 14.3 Å². The molecule has 0 unspecified atom stereocenters. The maximum atomic E-state index is 12.8. The first-order valence-corrected chi connectivity index (χ1v) is 9.18. The zero-order valence-electron chi connectivity index (χ0n) is 15.3. The number of rotatable bonds is 4. The highest BCUT2D eigenvalue weighted by Gasteiger charge is 2.26. The van der Waals surface area contributed by atoms with E-state index in [4.69, 9.17) is 0 Å². The Labute approximate surface area is 163 Å². The fraction of sp³-hybridized carbons (Fsp3) is 0.136. The van der Waals surface area contributed by atoms with E-state index in [-0.39, 0.29) is 11.6 Å². The van der Waals surface area contributed by atoms with E-state index in [0.717, 1.165) is 23.4 Å². The molecule has 6 heteroatoms. The van der Waals surface area contributed by atoms with Gasteiger partial charge in [0.2, 0.25) is 0 Å². The molecule has 6 nitrogen and oxygen atoms in total. The molecule has 0 bridgehead atoms. The average molecular weight is 372 g/mol. The molecule has 1 aliphatic heterocycles. The van der Waals surface area contributed by atoms with Gasteiger partial charge in [-0.25, -0.2) is 9.80 Å². The highest BCUT2D eigenvalue weighted by Crippen LogP contribution is 2.21. The molecule has 1 saturated heterocycles. The molecule has 140 valence electrons. The largest absolute Gasteiger partial charge is 0.344 e. The molecule has 0 saturated carbocycles. The van der Waals surface area contributed by atoms with E-state index in [1.54, 1.807) is 27.9 Å². The van der Waals surface area contributed by atoms with Crippen molar-refractivity contribution in [3.63, 3.8) is 0 Å². The van der Waals surface area contributed by atoms with Crippen LogP contribution in [0.5, 0.6) is 0 Å². The SMILES string of the molecule is O=C1N(/N=C/c2ccccc2)CCCN1c1ccc(-n2ccccc2=O)cc1. The lowest BCUT2D eigenvalue weighted by atomic mass is 10.2. The van der Waals surface area contributed by atoms with Crippen molar-refractivity contribution in [2.24, 2.45) is 5.10 Å². The van der Waals surface area contributed by atoms with Crippen LogP contribution in [0.2, 0.25) is 0 Å². The minimum Gasteiger partial charge on any atom is -0.293 e. The number of nitrogens with zero attached hydrogens (tertiary/aromatic N) is 4. The number of amides is 2. The molecule has 1 aliphatic rings. The molecule has 0 atom stereocenters. The molecule has 0 spiro atoms. The Bertz CT molecular complexity index is 1040. The first-order chi connectivity index (χ1) is 13.7. The predicted molar refractivity (Wildman–Crippen MR) is 110 cm³/mol. The summed E-state index contributed by atoms with van der Waals surface area (Å²) >= 11 is 0. The standard InChI is InChI=1S/C22H20N4O2/c27-21-9-4-5-14-24(21)19-10-12-20(13-11-19)25-15-6-16-26(22(25)28)23-17-18-7-2-1-3-8-18/h1-5,7-14,17H,6,15-16H2/b23-17+. The van der Waals surface area contributed by atoms with Crippen LogP contribution >= 0.6 is 0 Å². The molecule has 2 aromatic carbocycles. The Morgan fingerprint density at radius 2 is 1.50 bits per heavy atom. The monoisotopic (exact) mass is 372 g/mol. The summed E-state index contributed by atoms with van der Waals surface area (Å²) in [6.45, 7) is 1.23. The summed E-state index contributed by atoms with van der Waals surface area (Å²) in [5.41, 5.74) is 2.41. The number of anilines is 1. The van der Waals surface area contributed by atoms with Gasteiger partial charge in [-0.15, -0.1) is 0 Å². The molecule has 1 aromatic heterocycles. The van der Waals surface area contributed by atoms with Crippen LogP contribution in [0.4, 0.5) is 10.5 Å². The van der Waals surface area contributed by atoms with Crippen LogP contribution < -0.4 is 10.5 Å². The minimum atomic E-state index is -0.150. The Balaban J connectivity index is 1.52. The third kappa shape index (κ3) is 3.71. The van der Waals surface area contributed by atoms with Gasteiger partial charge in [-0.05, 0) is 42.3 Å². The Hall–Kier alpha value is -3.67. The van der Waals surface area contributed by atoms with E-state index >= 15 is 0 Å². The molecule has 28 heavy (non-hydrogen) atoms. The molecule has 4 rings (SSSR count). The number of pyridine rings is 1. The number of hydrazone groups is 1. The van der Waals surface area contributed by atoms with E-state index in [1.165, 1.54) is 11.1 Å². The van der Waals surface area contributed by atoms with Crippen molar-refractivity contribution in [2.45, 2.75) is 6.42 Å². The molecule has 2 amide bonds. The average Bonchev–Trinajstić information content (AvgIpc) is 2.74. The van der Waals surface area contributed by atoms with Crippen LogP contribution in [-0.4, -0.2) is 34.9 Å². The first-order valence-electron chi connectivity index (χ1n) is 9.18. The van der Waals surface area contributed by atoms with Crippen LogP contribution in [-0.2, 0) is 0 Å². The molecule has 2 heterocycles. The van der Waals surface area contributed by atoms with Gasteiger partial charge in [0, 0.05) is 36.7 Å². The van der Waals surface area contributed by atoms with Crippen LogP contribution in [0.3, 0.4) is 0 Å². The fourth-order valence-electron chi connectivity index (χ4n) is 3.17. The number of hydrogen-bond donors (Lipinski definition) is 0. The Morgan fingerprint density at radius 1 is 0.786 bits per heavy atom. The maximum absolute atomic E-state index is 12.8. The molecule has 0 radical (unpaired) electrons. The van der Waals surface area contributed by atoms with Crippen molar-refractivity contribution in [3.8, 4) is 5.69 Å². The van der Waals surface area contributed by atoms with Crippen molar-refractivity contribution < 1.29 is 4.79 Å². The zero-order valence-corrected chi connectivity index (χ0v) is 15.3. The van der Waals surface area contributed by atoms with Crippen molar-refractivity contribution >= 4 is 17.9 Å². The second-order valence-electron chi connectivity index (χ2n) is 6.49. The van der Waals surface area contributed by atoms with E-state index < -0.39 is 0 Å². The number of carbonyl (C=O) groups is 1. The second-order valence-corrected chi connectivity index (χ2v) is 6.49. The third-order valence-electron chi connectivity index (χ3n) is 4.61. The molecular weight excluding hydrogens is 352 g/mol. The summed E-state index contributed by atoms with van der Waals surface area (Å²) in [4.78, 5) is 26.5. The number of carbonyl (C=O) groups excluding carboxylic acids is 1. The van der Waals surface area contributed by atoms with Gasteiger partial charge in [0.15, 0.2) is 0 Å². The summed E-state index contributed by atoms with van der Waals surface area (Å²) in [7, 11) is 0. The summed E-state index contributed by atoms with van der Waals surface area (Å²) in [6.07, 6.45) is 4.26. The quantitative estimate of drug-likeness (QED) is 0.658. The van der Waals surface area contributed by atoms with Gasteiger partial charge < -0.3 is 0 Å². The third-order valence-corrected chi connectivity index (χ3v) is 4.61. The number of benzene rings is 2. The lowest BCUT2D eigenvalue weighted by molar-refractivity contribution is 0.198. The van der Waals surface area contributed by atoms with E-state index in [9.17, 15) is 9.59 Å². The molecule has 0 N–H and O–H groups in total. The molecular formula is C22H20N4O2.